The molecule has 1 N–H and O–H groups in total. The Morgan fingerprint density at radius 3 is 2.61 bits per heavy atom. The Hall–Kier alpha value is -1.49. The molecule has 0 radical (unpaired) electrons. The van der Waals surface area contributed by atoms with E-state index < -0.39 is 0 Å². The predicted molar refractivity (Wildman–Crippen MR) is 70.3 cm³/mol. The number of aromatic nitrogens is 1. The molecule has 1 atom stereocenters. The summed E-state index contributed by atoms with van der Waals surface area (Å²) in [5.41, 5.74) is 1.04. The molecule has 1 unspecified atom stereocenters. The molecule has 2 rings (SSSR count). The van der Waals surface area contributed by atoms with Crippen molar-refractivity contribution >= 4 is 21.6 Å². The maximum absolute atomic E-state index is 13.6. The van der Waals surface area contributed by atoms with Gasteiger partial charge in [0, 0.05) is 4.47 Å². The first-order valence-corrected chi connectivity index (χ1v) is 6.18. The van der Waals surface area contributed by atoms with Crippen molar-refractivity contribution in [2.24, 2.45) is 0 Å². The summed E-state index contributed by atoms with van der Waals surface area (Å²) < 4.78 is 27.0. The van der Waals surface area contributed by atoms with Gasteiger partial charge in [0.15, 0.2) is 0 Å². The third-order valence-corrected chi connectivity index (χ3v) is 2.99. The molecule has 0 fully saturated rings. The van der Waals surface area contributed by atoms with Crippen molar-refractivity contribution in [2.45, 2.75) is 13.0 Å². The van der Waals surface area contributed by atoms with E-state index in [4.69, 9.17) is 0 Å². The molecule has 0 saturated carbocycles. The molecule has 0 bridgehead atoms. The van der Waals surface area contributed by atoms with E-state index in [-0.39, 0.29) is 17.7 Å². The van der Waals surface area contributed by atoms with Crippen LogP contribution in [0.15, 0.2) is 41.0 Å². The SMILES string of the molecule is CC(Nc1ccc(Br)cc1F)c1ccc(F)cn1. The summed E-state index contributed by atoms with van der Waals surface area (Å²) >= 11 is 3.19. The van der Waals surface area contributed by atoms with Crippen LogP contribution in [0.2, 0.25) is 0 Å². The van der Waals surface area contributed by atoms with E-state index in [1.807, 2.05) is 6.92 Å². The minimum Gasteiger partial charge on any atom is -0.375 e. The van der Waals surface area contributed by atoms with Gasteiger partial charge in [0.25, 0.3) is 0 Å². The summed E-state index contributed by atoms with van der Waals surface area (Å²) in [5, 5.41) is 2.99. The van der Waals surface area contributed by atoms with E-state index in [9.17, 15) is 8.78 Å². The Labute approximate surface area is 112 Å². The molecule has 0 aliphatic carbocycles. The second kappa shape index (κ2) is 5.44. The normalized spacial score (nSPS) is 12.2. The van der Waals surface area contributed by atoms with Gasteiger partial charge in [-0.1, -0.05) is 15.9 Å². The van der Waals surface area contributed by atoms with E-state index in [1.165, 1.54) is 12.1 Å². The molecule has 5 heteroatoms. The number of hydrogen-bond acceptors (Lipinski definition) is 2. The molecule has 0 aliphatic rings. The van der Waals surface area contributed by atoms with E-state index in [0.717, 1.165) is 6.20 Å². The number of nitrogens with one attached hydrogen (secondary N) is 1. The summed E-state index contributed by atoms with van der Waals surface area (Å²) in [5.74, 6) is -0.737. The van der Waals surface area contributed by atoms with Crippen LogP contribution >= 0.6 is 15.9 Å². The first-order chi connectivity index (χ1) is 8.56. The number of halogens is 3. The van der Waals surface area contributed by atoms with Gasteiger partial charge < -0.3 is 5.32 Å². The van der Waals surface area contributed by atoms with Gasteiger partial charge in [-0.15, -0.1) is 0 Å². The van der Waals surface area contributed by atoms with Crippen LogP contribution in [0.4, 0.5) is 14.5 Å². The fourth-order valence-corrected chi connectivity index (χ4v) is 1.89. The average molecular weight is 313 g/mol. The highest BCUT2D eigenvalue weighted by Crippen LogP contribution is 2.23. The van der Waals surface area contributed by atoms with Crippen molar-refractivity contribution in [2.75, 3.05) is 5.32 Å². The summed E-state index contributed by atoms with van der Waals surface area (Å²) in [6, 6.07) is 7.46. The summed E-state index contributed by atoms with van der Waals surface area (Å²) in [7, 11) is 0. The summed E-state index contributed by atoms with van der Waals surface area (Å²) in [6.07, 6.45) is 1.14. The van der Waals surface area contributed by atoms with Gasteiger partial charge in [-0.25, -0.2) is 8.78 Å². The highest BCUT2D eigenvalue weighted by molar-refractivity contribution is 9.10. The van der Waals surface area contributed by atoms with Gasteiger partial charge in [-0.05, 0) is 37.3 Å². The number of benzene rings is 1. The Balaban J connectivity index is 2.15. The molecule has 0 aliphatic heterocycles. The number of rotatable bonds is 3. The maximum atomic E-state index is 13.6. The van der Waals surface area contributed by atoms with Crippen molar-refractivity contribution < 1.29 is 8.78 Å². The molecule has 1 aromatic heterocycles. The lowest BCUT2D eigenvalue weighted by molar-refractivity contribution is 0.615. The Morgan fingerprint density at radius 1 is 1.22 bits per heavy atom. The lowest BCUT2D eigenvalue weighted by Gasteiger charge is -2.15. The van der Waals surface area contributed by atoms with Gasteiger partial charge >= 0.3 is 0 Å². The Kier molecular flexibility index (Phi) is 3.91. The number of nitrogens with zero attached hydrogens (tertiary/aromatic N) is 1. The molecule has 0 spiro atoms. The molecule has 1 aromatic carbocycles. The summed E-state index contributed by atoms with van der Waals surface area (Å²) in [6.45, 7) is 1.84. The third-order valence-electron chi connectivity index (χ3n) is 2.50. The first-order valence-electron chi connectivity index (χ1n) is 5.39. The van der Waals surface area contributed by atoms with Crippen LogP contribution in [-0.2, 0) is 0 Å². The minimum atomic E-state index is -0.388. The van der Waals surface area contributed by atoms with Gasteiger partial charge in [0.05, 0.1) is 23.6 Å². The van der Waals surface area contributed by atoms with Crippen LogP contribution in [-0.4, -0.2) is 4.98 Å². The van der Waals surface area contributed by atoms with Gasteiger partial charge in [0.2, 0.25) is 0 Å². The molecule has 0 saturated heterocycles. The van der Waals surface area contributed by atoms with Crippen molar-refractivity contribution in [1.82, 2.24) is 4.98 Å². The molecule has 1 heterocycles. The van der Waals surface area contributed by atoms with Gasteiger partial charge in [-0.3, -0.25) is 4.98 Å². The smallest absolute Gasteiger partial charge is 0.147 e. The topological polar surface area (TPSA) is 24.9 Å². The fraction of sp³-hybridized carbons (Fsp3) is 0.154. The van der Waals surface area contributed by atoms with E-state index in [2.05, 4.69) is 26.2 Å². The highest BCUT2D eigenvalue weighted by Gasteiger charge is 2.10. The first kappa shape index (κ1) is 13.0. The molecule has 94 valence electrons. The van der Waals surface area contributed by atoms with Crippen molar-refractivity contribution in [3.8, 4) is 0 Å². The van der Waals surface area contributed by atoms with Crippen molar-refractivity contribution in [3.05, 3.63) is 58.3 Å². The zero-order valence-electron chi connectivity index (χ0n) is 9.62. The molecular weight excluding hydrogens is 302 g/mol. The number of pyridine rings is 1. The van der Waals surface area contributed by atoms with Crippen LogP contribution in [0.5, 0.6) is 0 Å². The highest BCUT2D eigenvalue weighted by atomic mass is 79.9. The zero-order chi connectivity index (χ0) is 13.1. The molecule has 0 amide bonds. The minimum absolute atomic E-state index is 0.207. The van der Waals surface area contributed by atoms with Crippen molar-refractivity contribution in [3.63, 3.8) is 0 Å². The van der Waals surface area contributed by atoms with E-state index in [0.29, 0.717) is 15.9 Å². The number of hydrogen-bond donors (Lipinski definition) is 1. The predicted octanol–water partition coefficient (Wildman–Crippen LogP) is 4.30. The van der Waals surface area contributed by atoms with E-state index in [1.54, 1.807) is 18.2 Å². The Bertz CT molecular complexity index is 543. The lowest BCUT2D eigenvalue weighted by atomic mass is 10.2. The van der Waals surface area contributed by atoms with Crippen LogP contribution in [0, 0.1) is 11.6 Å². The molecule has 2 aromatic rings. The van der Waals surface area contributed by atoms with E-state index >= 15 is 0 Å². The van der Waals surface area contributed by atoms with Crippen LogP contribution in [0.3, 0.4) is 0 Å². The van der Waals surface area contributed by atoms with Crippen LogP contribution in [0.1, 0.15) is 18.7 Å². The lowest BCUT2D eigenvalue weighted by Crippen LogP contribution is -2.09. The standard InChI is InChI=1S/C13H11BrF2N2/c1-8(12-5-3-10(15)7-17-12)18-13-4-2-9(14)6-11(13)16/h2-8,18H,1H3. The van der Waals surface area contributed by atoms with Crippen molar-refractivity contribution in [1.29, 1.82) is 0 Å². The fourth-order valence-electron chi connectivity index (χ4n) is 1.56. The maximum Gasteiger partial charge on any atom is 0.147 e. The van der Waals surface area contributed by atoms with Gasteiger partial charge in [-0.2, -0.15) is 0 Å². The summed E-state index contributed by atoms with van der Waals surface area (Å²) in [4.78, 5) is 3.95. The monoisotopic (exact) mass is 312 g/mol. The van der Waals surface area contributed by atoms with Gasteiger partial charge in [0.1, 0.15) is 11.6 Å². The molecule has 2 nitrogen and oxygen atoms in total. The molecule has 18 heavy (non-hydrogen) atoms. The second-order valence-corrected chi connectivity index (χ2v) is 4.81. The van der Waals surface area contributed by atoms with Crippen LogP contribution in [0.25, 0.3) is 0 Å². The largest absolute Gasteiger partial charge is 0.375 e. The third kappa shape index (κ3) is 3.04. The quantitative estimate of drug-likeness (QED) is 0.914. The second-order valence-electron chi connectivity index (χ2n) is 3.89. The Morgan fingerprint density at radius 2 is 2.00 bits per heavy atom. The zero-order valence-corrected chi connectivity index (χ0v) is 11.2. The number of anilines is 1. The molecular formula is C13H11BrF2N2. The van der Waals surface area contributed by atoms with Crippen LogP contribution < -0.4 is 5.32 Å². The average Bonchev–Trinajstić information content (AvgIpc) is 2.33.